The van der Waals surface area contributed by atoms with Crippen molar-refractivity contribution in [3.63, 3.8) is 0 Å². The second-order valence-electron chi connectivity index (χ2n) is 3.49. The molecule has 64 valence electrons. The summed E-state index contributed by atoms with van der Waals surface area (Å²) in [7, 11) is 1.79. The van der Waals surface area contributed by atoms with Gasteiger partial charge in [0.2, 0.25) is 0 Å². The summed E-state index contributed by atoms with van der Waals surface area (Å²) in [5.74, 6) is 7.26. The van der Waals surface area contributed by atoms with Crippen molar-refractivity contribution in [2.75, 3.05) is 7.05 Å². The monoisotopic (exact) mass is 157 g/mol. The highest BCUT2D eigenvalue weighted by molar-refractivity contribution is 4.93. The third-order valence-electron chi connectivity index (χ3n) is 2.42. The normalized spacial score (nSPS) is 44.7. The fraction of sp³-hybridized carbons (Fsp3) is 1.00. The highest BCUT2D eigenvalue weighted by atomic mass is 16.6. The molecule has 0 bridgehead atoms. The van der Waals surface area contributed by atoms with Crippen LogP contribution in [0.2, 0.25) is 0 Å². The van der Waals surface area contributed by atoms with E-state index in [0.717, 1.165) is 12.8 Å². The van der Waals surface area contributed by atoms with Crippen LogP contribution in [0, 0.1) is 0 Å². The Labute approximate surface area is 66.6 Å². The number of fused-ring (bicyclic) bond motifs is 1. The van der Waals surface area contributed by atoms with Crippen molar-refractivity contribution in [1.29, 1.82) is 0 Å². The highest BCUT2D eigenvalue weighted by Gasteiger charge is 2.44. The zero-order chi connectivity index (χ0) is 7.84. The van der Waals surface area contributed by atoms with Crippen molar-refractivity contribution >= 4 is 0 Å². The van der Waals surface area contributed by atoms with Crippen LogP contribution in [0.25, 0.3) is 5.84 Å². The molecular formula is C7H15N3O. The van der Waals surface area contributed by atoms with Gasteiger partial charge in [0.15, 0.2) is 0 Å². The molecule has 11 heavy (non-hydrogen) atoms. The van der Waals surface area contributed by atoms with Crippen LogP contribution in [0.3, 0.4) is 0 Å². The van der Waals surface area contributed by atoms with Gasteiger partial charge < -0.3 is 15.7 Å². The van der Waals surface area contributed by atoms with Crippen molar-refractivity contribution < 1.29 is 9.85 Å². The van der Waals surface area contributed by atoms with Crippen LogP contribution in [-0.2, 0) is 4.74 Å². The van der Waals surface area contributed by atoms with E-state index in [1.54, 1.807) is 7.05 Å². The summed E-state index contributed by atoms with van der Waals surface area (Å²) in [4.78, 5) is 0. The van der Waals surface area contributed by atoms with Gasteiger partial charge in [0, 0.05) is 0 Å². The second kappa shape index (κ2) is 2.71. The maximum absolute atomic E-state index is 7.26. The lowest BCUT2D eigenvalue weighted by atomic mass is 9.96. The molecule has 1 aliphatic heterocycles. The fourth-order valence-corrected chi connectivity index (χ4v) is 1.84. The molecule has 4 heteroatoms. The Morgan fingerprint density at radius 3 is 2.91 bits per heavy atom. The van der Waals surface area contributed by atoms with Gasteiger partial charge in [-0.25, -0.2) is 0 Å². The zero-order valence-electron chi connectivity index (χ0n) is 6.76. The first kappa shape index (κ1) is 7.49. The first-order valence-corrected chi connectivity index (χ1v) is 4.23. The molecule has 1 saturated carbocycles. The van der Waals surface area contributed by atoms with E-state index in [0.29, 0.717) is 23.4 Å². The third kappa shape index (κ3) is 1.70. The maximum atomic E-state index is 7.26. The number of quaternary nitrogens is 1. The minimum Gasteiger partial charge on any atom is -0.449 e. The first-order valence-electron chi connectivity index (χ1n) is 4.23. The molecule has 4 atom stereocenters. The molecule has 3 N–H and O–H groups in total. The van der Waals surface area contributed by atoms with E-state index in [-0.39, 0.29) is 0 Å². The summed E-state index contributed by atoms with van der Waals surface area (Å²) in [6, 6.07) is 0.497. The van der Waals surface area contributed by atoms with E-state index in [1.807, 2.05) is 0 Å². The highest BCUT2D eigenvalue weighted by Crippen LogP contribution is 2.35. The summed E-state index contributed by atoms with van der Waals surface area (Å²) >= 11 is 0. The van der Waals surface area contributed by atoms with Crippen molar-refractivity contribution in [2.24, 2.45) is 0 Å². The summed E-state index contributed by atoms with van der Waals surface area (Å²) in [5, 5.41) is 0.578. The van der Waals surface area contributed by atoms with E-state index in [9.17, 15) is 0 Å². The molecular weight excluding hydrogens is 142 g/mol. The van der Waals surface area contributed by atoms with Crippen LogP contribution in [0.4, 0.5) is 0 Å². The maximum Gasteiger partial charge on any atom is 0.0858 e. The summed E-state index contributed by atoms with van der Waals surface area (Å²) in [6.07, 6.45) is 4.52. The molecule has 1 saturated heterocycles. The van der Waals surface area contributed by atoms with Crippen LogP contribution >= 0.6 is 0 Å². The largest absolute Gasteiger partial charge is 0.449 e. The summed E-state index contributed by atoms with van der Waals surface area (Å²) in [5.41, 5.74) is 3.14. The molecule has 1 aliphatic carbocycles. The topological polar surface area (TPSA) is 52.8 Å². The van der Waals surface area contributed by atoms with E-state index >= 15 is 0 Å². The Kier molecular flexibility index (Phi) is 1.85. The molecule has 4 unspecified atom stereocenters. The van der Waals surface area contributed by atoms with Crippen molar-refractivity contribution in [1.82, 2.24) is 5.43 Å². The molecule has 0 aromatic heterocycles. The Balaban J connectivity index is 1.76. The number of epoxide rings is 1. The average molecular weight is 157 g/mol. The first-order chi connectivity index (χ1) is 5.25. The Morgan fingerprint density at radius 2 is 2.27 bits per heavy atom. The van der Waals surface area contributed by atoms with E-state index in [4.69, 9.17) is 10.6 Å². The molecule has 2 rings (SSSR count). The van der Waals surface area contributed by atoms with Gasteiger partial charge in [-0.1, -0.05) is 0 Å². The van der Waals surface area contributed by atoms with Gasteiger partial charge in [0.05, 0.1) is 25.3 Å². The molecule has 1 heterocycles. The van der Waals surface area contributed by atoms with Crippen molar-refractivity contribution in [3.05, 3.63) is 5.84 Å². The number of nitrogens with one attached hydrogen (secondary N) is 3. The van der Waals surface area contributed by atoms with E-state index < -0.39 is 0 Å². The van der Waals surface area contributed by atoms with Gasteiger partial charge in [-0.15, -0.1) is 0 Å². The molecule has 4 nitrogen and oxygen atoms in total. The molecule has 0 radical (unpaired) electrons. The van der Waals surface area contributed by atoms with Gasteiger partial charge in [-0.2, -0.15) is 5.43 Å². The van der Waals surface area contributed by atoms with Crippen LogP contribution in [0.15, 0.2) is 0 Å². The Hall–Kier alpha value is -0.160. The third-order valence-corrected chi connectivity index (χ3v) is 2.42. The number of hydrogen-bond donors (Lipinski definition) is 2. The average Bonchev–Trinajstić information content (AvgIpc) is 2.63. The zero-order valence-corrected chi connectivity index (χ0v) is 6.76. The van der Waals surface area contributed by atoms with Crippen LogP contribution in [0.5, 0.6) is 0 Å². The van der Waals surface area contributed by atoms with E-state index in [1.165, 1.54) is 6.42 Å². The fourth-order valence-electron chi connectivity index (χ4n) is 1.84. The van der Waals surface area contributed by atoms with Gasteiger partial charge >= 0.3 is 0 Å². The minimum absolute atomic E-state index is 0.497. The van der Waals surface area contributed by atoms with Gasteiger partial charge in [0.1, 0.15) is 0 Å². The predicted molar refractivity (Wildman–Crippen MR) is 40.6 cm³/mol. The van der Waals surface area contributed by atoms with Gasteiger partial charge in [-0.05, 0) is 19.3 Å². The quantitative estimate of drug-likeness (QED) is 0.411. The summed E-state index contributed by atoms with van der Waals surface area (Å²) in [6.45, 7) is 0. The molecule has 0 aromatic carbocycles. The van der Waals surface area contributed by atoms with Crippen LogP contribution in [0.1, 0.15) is 19.3 Å². The lowest BCUT2D eigenvalue weighted by Crippen LogP contribution is -3.10. The molecule has 0 amide bonds. The minimum atomic E-state index is 0.497. The number of hydrogen-bond acceptors (Lipinski definition) is 2. The summed E-state index contributed by atoms with van der Waals surface area (Å²) < 4.78 is 5.38. The van der Waals surface area contributed by atoms with Crippen LogP contribution < -0.4 is 10.5 Å². The molecule has 2 fully saturated rings. The van der Waals surface area contributed by atoms with Crippen LogP contribution in [-0.4, -0.2) is 25.3 Å². The second-order valence-corrected chi connectivity index (χ2v) is 3.49. The predicted octanol–water partition coefficient (Wildman–Crippen LogP) is -0.707. The SMILES string of the molecule is C[NH+]([NH-])NC1CCC2OC2C1. The molecule has 2 aliphatic rings. The lowest BCUT2D eigenvalue weighted by Gasteiger charge is -2.25. The van der Waals surface area contributed by atoms with Crippen molar-refractivity contribution in [2.45, 2.75) is 37.5 Å². The molecule has 0 spiro atoms. The Morgan fingerprint density at radius 1 is 1.45 bits per heavy atom. The molecule has 0 aromatic rings. The van der Waals surface area contributed by atoms with Crippen molar-refractivity contribution in [3.8, 4) is 0 Å². The van der Waals surface area contributed by atoms with Gasteiger partial charge in [0.25, 0.3) is 0 Å². The van der Waals surface area contributed by atoms with E-state index in [2.05, 4.69) is 5.43 Å². The number of ether oxygens (including phenoxy) is 1. The lowest BCUT2D eigenvalue weighted by molar-refractivity contribution is -0.879. The van der Waals surface area contributed by atoms with Gasteiger partial charge in [-0.3, -0.25) is 0 Å². The standard InChI is InChI=1S/C7H15N3O/c1-10(8)9-5-2-3-6-7(4-5)11-6/h5-10H,2-4H2,1H3. The number of rotatable bonds is 2. The Bertz CT molecular complexity index is 149. The smallest absolute Gasteiger partial charge is 0.0858 e.